The molecule has 0 aliphatic heterocycles. The first-order valence-electron chi connectivity index (χ1n) is 7.77. The Morgan fingerprint density at radius 3 is 2.46 bits per heavy atom. The van der Waals surface area contributed by atoms with Gasteiger partial charge in [0, 0.05) is 10.6 Å². The summed E-state index contributed by atoms with van der Waals surface area (Å²) >= 11 is 1.48. The summed E-state index contributed by atoms with van der Waals surface area (Å²) in [5.74, 6) is -0.200. The molecular weight excluding hydrogens is 322 g/mol. The van der Waals surface area contributed by atoms with Gasteiger partial charge in [0.05, 0.1) is 12.2 Å². The summed E-state index contributed by atoms with van der Waals surface area (Å²) in [4.78, 5) is 23.8. The van der Waals surface area contributed by atoms with Crippen LogP contribution in [0.25, 0.3) is 0 Å². The predicted octanol–water partition coefficient (Wildman–Crippen LogP) is 4.17. The van der Waals surface area contributed by atoms with E-state index in [1.54, 1.807) is 24.3 Å². The minimum atomic E-state index is -0.890. The molecule has 0 aromatic heterocycles. The summed E-state index contributed by atoms with van der Waals surface area (Å²) in [7, 11) is 0. The number of carboxylic acids is 1. The monoisotopic (exact) mass is 343 g/mol. The number of aliphatic carboxylic acids is 1. The van der Waals surface area contributed by atoms with E-state index < -0.39 is 5.97 Å². The highest BCUT2D eigenvalue weighted by atomic mass is 32.2. The van der Waals surface area contributed by atoms with Crippen molar-refractivity contribution in [1.29, 1.82) is 0 Å². The van der Waals surface area contributed by atoms with Crippen molar-refractivity contribution >= 4 is 29.3 Å². The van der Waals surface area contributed by atoms with Gasteiger partial charge in [0.25, 0.3) is 0 Å². The number of carbonyl (C=O) groups excluding carboxylic acids is 1. The predicted molar refractivity (Wildman–Crippen MR) is 97.7 cm³/mol. The second-order valence-electron chi connectivity index (χ2n) is 5.83. The zero-order valence-corrected chi connectivity index (χ0v) is 14.6. The number of amides is 1. The summed E-state index contributed by atoms with van der Waals surface area (Å²) in [5, 5.41) is 11.6. The van der Waals surface area contributed by atoms with E-state index in [2.05, 4.69) is 31.3 Å². The highest BCUT2D eigenvalue weighted by Crippen LogP contribution is 2.22. The zero-order valence-electron chi connectivity index (χ0n) is 13.8. The van der Waals surface area contributed by atoms with Gasteiger partial charge in [-0.3, -0.25) is 9.59 Å². The summed E-state index contributed by atoms with van der Waals surface area (Å²) < 4.78 is 0. The molecule has 0 aliphatic carbocycles. The molecule has 0 unspecified atom stereocenters. The van der Waals surface area contributed by atoms with E-state index in [0.29, 0.717) is 22.9 Å². The summed E-state index contributed by atoms with van der Waals surface area (Å²) in [6, 6.07) is 15.1. The number of benzene rings is 2. The Bertz CT molecular complexity index is 711. The number of carbonyl (C=O) groups is 2. The van der Waals surface area contributed by atoms with E-state index in [0.717, 1.165) is 4.90 Å². The maximum absolute atomic E-state index is 12.0. The van der Waals surface area contributed by atoms with Crippen molar-refractivity contribution in [3.63, 3.8) is 0 Å². The van der Waals surface area contributed by atoms with Gasteiger partial charge in [-0.1, -0.05) is 38.1 Å². The van der Waals surface area contributed by atoms with Gasteiger partial charge in [-0.15, -0.1) is 11.8 Å². The Morgan fingerprint density at radius 1 is 1.12 bits per heavy atom. The topological polar surface area (TPSA) is 66.4 Å². The molecule has 4 nitrogen and oxygen atoms in total. The van der Waals surface area contributed by atoms with E-state index in [1.807, 2.05) is 12.1 Å². The Hall–Kier alpha value is -2.27. The second-order valence-corrected chi connectivity index (χ2v) is 6.88. The van der Waals surface area contributed by atoms with Gasteiger partial charge < -0.3 is 10.4 Å². The van der Waals surface area contributed by atoms with Crippen molar-refractivity contribution in [2.75, 3.05) is 11.1 Å². The Labute approximate surface area is 146 Å². The first-order chi connectivity index (χ1) is 11.4. The Balaban J connectivity index is 1.88. The largest absolute Gasteiger partial charge is 0.481 e. The van der Waals surface area contributed by atoms with Crippen LogP contribution in [0.15, 0.2) is 53.4 Å². The van der Waals surface area contributed by atoms with E-state index in [9.17, 15) is 9.59 Å². The molecule has 0 bridgehead atoms. The van der Waals surface area contributed by atoms with E-state index in [-0.39, 0.29) is 12.3 Å². The van der Waals surface area contributed by atoms with Gasteiger partial charge in [0.2, 0.25) is 5.91 Å². The summed E-state index contributed by atoms with van der Waals surface area (Å²) in [6.45, 7) is 4.29. The molecule has 5 heteroatoms. The van der Waals surface area contributed by atoms with Gasteiger partial charge >= 0.3 is 5.97 Å². The van der Waals surface area contributed by atoms with Crippen LogP contribution in [0.4, 0.5) is 5.69 Å². The molecule has 0 fully saturated rings. The van der Waals surface area contributed by atoms with Crippen LogP contribution in [0.3, 0.4) is 0 Å². The Morgan fingerprint density at radius 2 is 1.83 bits per heavy atom. The van der Waals surface area contributed by atoms with Gasteiger partial charge in [-0.05, 0) is 41.3 Å². The van der Waals surface area contributed by atoms with Crippen molar-refractivity contribution in [2.24, 2.45) is 0 Å². The fourth-order valence-corrected chi connectivity index (χ4v) is 2.93. The fraction of sp³-hybridized carbons (Fsp3) is 0.263. The molecule has 1 amide bonds. The number of thioether (sulfide) groups is 1. The van der Waals surface area contributed by atoms with Crippen molar-refractivity contribution in [1.82, 2.24) is 0 Å². The minimum absolute atomic E-state index is 0.0549. The molecule has 0 aliphatic rings. The molecular formula is C19H21NO3S. The molecule has 2 rings (SSSR count). The normalized spacial score (nSPS) is 10.6. The number of hydrogen-bond donors (Lipinski definition) is 2. The van der Waals surface area contributed by atoms with Crippen LogP contribution in [0.5, 0.6) is 0 Å². The van der Waals surface area contributed by atoms with Crippen LogP contribution in [0, 0.1) is 0 Å². The third-order valence-corrected chi connectivity index (χ3v) is 4.49. The van der Waals surface area contributed by atoms with Crippen LogP contribution < -0.4 is 5.32 Å². The third kappa shape index (κ3) is 5.74. The lowest BCUT2D eigenvalue weighted by Crippen LogP contribution is -2.14. The van der Waals surface area contributed by atoms with Crippen LogP contribution >= 0.6 is 11.8 Å². The van der Waals surface area contributed by atoms with Crippen molar-refractivity contribution in [3.8, 4) is 0 Å². The van der Waals surface area contributed by atoms with Crippen molar-refractivity contribution < 1.29 is 14.7 Å². The molecule has 2 aromatic rings. The SMILES string of the molecule is CC(C)c1ccc(SCC(=O)Nc2cccc(CC(=O)O)c2)cc1. The van der Waals surface area contributed by atoms with E-state index in [4.69, 9.17) is 5.11 Å². The van der Waals surface area contributed by atoms with E-state index >= 15 is 0 Å². The van der Waals surface area contributed by atoms with Gasteiger partial charge in [0.1, 0.15) is 0 Å². The average molecular weight is 343 g/mol. The van der Waals surface area contributed by atoms with Crippen molar-refractivity contribution in [2.45, 2.75) is 31.1 Å². The quantitative estimate of drug-likeness (QED) is 0.741. The third-order valence-electron chi connectivity index (χ3n) is 3.48. The molecule has 24 heavy (non-hydrogen) atoms. The highest BCUT2D eigenvalue weighted by Gasteiger charge is 2.06. The molecule has 2 aromatic carbocycles. The highest BCUT2D eigenvalue weighted by molar-refractivity contribution is 8.00. The smallest absolute Gasteiger partial charge is 0.307 e. The molecule has 0 radical (unpaired) electrons. The number of anilines is 1. The first-order valence-corrected chi connectivity index (χ1v) is 8.76. The van der Waals surface area contributed by atoms with Crippen LogP contribution in [-0.4, -0.2) is 22.7 Å². The average Bonchev–Trinajstić information content (AvgIpc) is 2.53. The van der Waals surface area contributed by atoms with Gasteiger partial charge in [0.15, 0.2) is 0 Å². The minimum Gasteiger partial charge on any atom is -0.481 e. The molecule has 2 N–H and O–H groups in total. The van der Waals surface area contributed by atoms with Gasteiger partial charge in [-0.25, -0.2) is 0 Å². The van der Waals surface area contributed by atoms with Crippen LogP contribution in [0.2, 0.25) is 0 Å². The number of rotatable bonds is 7. The molecule has 0 spiro atoms. The Kier molecular flexibility index (Phi) is 6.44. The molecule has 0 saturated heterocycles. The molecule has 0 heterocycles. The first kappa shape index (κ1) is 18.1. The van der Waals surface area contributed by atoms with E-state index in [1.165, 1.54) is 17.3 Å². The number of carboxylic acid groups (broad SMARTS) is 1. The summed E-state index contributed by atoms with van der Waals surface area (Å²) in [6.07, 6.45) is -0.0549. The summed E-state index contributed by atoms with van der Waals surface area (Å²) in [5.41, 5.74) is 2.56. The van der Waals surface area contributed by atoms with Crippen LogP contribution in [-0.2, 0) is 16.0 Å². The maximum Gasteiger partial charge on any atom is 0.307 e. The molecule has 0 saturated carbocycles. The fourth-order valence-electron chi connectivity index (χ4n) is 2.23. The lowest BCUT2D eigenvalue weighted by Gasteiger charge is -2.08. The van der Waals surface area contributed by atoms with Crippen LogP contribution in [0.1, 0.15) is 30.9 Å². The van der Waals surface area contributed by atoms with Crippen molar-refractivity contribution in [3.05, 3.63) is 59.7 Å². The number of hydrogen-bond acceptors (Lipinski definition) is 3. The molecule has 126 valence electrons. The second kappa shape index (κ2) is 8.55. The maximum atomic E-state index is 12.0. The lowest BCUT2D eigenvalue weighted by atomic mass is 10.0. The molecule has 0 atom stereocenters. The standard InChI is InChI=1S/C19H21NO3S/c1-13(2)15-6-8-17(9-7-15)24-12-18(21)20-16-5-3-4-14(10-16)11-19(22)23/h3-10,13H,11-12H2,1-2H3,(H,20,21)(H,22,23). The van der Waals surface area contributed by atoms with Gasteiger partial charge in [-0.2, -0.15) is 0 Å². The number of nitrogens with one attached hydrogen (secondary N) is 1. The zero-order chi connectivity index (χ0) is 17.5. The lowest BCUT2D eigenvalue weighted by molar-refractivity contribution is -0.136.